The SMILES string of the molecule is Cc1ccc(-c2nc(NC(=O)N(C)C)c(F)cc2-c2ccc(=O)n(C(C)C)c2)o1. The van der Waals surface area contributed by atoms with Crippen molar-refractivity contribution in [1.82, 2.24) is 14.5 Å². The summed E-state index contributed by atoms with van der Waals surface area (Å²) < 4.78 is 22.1. The number of nitrogens with zero attached hydrogens (tertiary/aromatic N) is 3. The van der Waals surface area contributed by atoms with E-state index in [-0.39, 0.29) is 17.4 Å². The molecular formula is C21H23FN4O3. The van der Waals surface area contributed by atoms with E-state index in [2.05, 4.69) is 10.3 Å². The highest BCUT2D eigenvalue weighted by Crippen LogP contribution is 2.34. The largest absolute Gasteiger partial charge is 0.460 e. The summed E-state index contributed by atoms with van der Waals surface area (Å²) >= 11 is 0. The van der Waals surface area contributed by atoms with Crippen molar-refractivity contribution in [3.8, 4) is 22.6 Å². The highest BCUT2D eigenvalue weighted by molar-refractivity contribution is 5.89. The van der Waals surface area contributed by atoms with Crippen LogP contribution in [0.15, 0.2) is 45.7 Å². The van der Waals surface area contributed by atoms with Crippen LogP contribution in [-0.2, 0) is 0 Å². The fourth-order valence-corrected chi connectivity index (χ4v) is 2.83. The first-order chi connectivity index (χ1) is 13.7. The molecule has 3 aromatic heterocycles. The van der Waals surface area contributed by atoms with E-state index in [1.807, 2.05) is 13.8 Å². The maximum absolute atomic E-state index is 14.8. The number of nitrogens with one attached hydrogen (secondary N) is 1. The lowest BCUT2D eigenvalue weighted by atomic mass is 10.0. The lowest BCUT2D eigenvalue weighted by Crippen LogP contribution is -2.28. The number of urea groups is 1. The van der Waals surface area contributed by atoms with Crippen molar-refractivity contribution in [2.75, 3.05) is 19.4 Å². The van der Waals surface area contributed by atoms with Crippen LogP contribution in [0.1, 0.15) is 25.6 Å². The first-order valence-electron chi connectivity index (χ1n) is 9.15. The molecule has 152 valence electrons. The van der Waals surface area contributed by atoms with E-state index in [0.717, 1.165) is 0 Å². The number of furan rings is 1. The highest BCUT2D eigenvalue weighted by Gasteiger charge is 2.20. The van der Waals surface area contributed by atoms with E-state index in [1.54, 1.807) is 50.0 Å². The van der Waals surface area contributed by atoms with Gasteiger partial charge in [0.15, 0.2) is 17.4 Å². The van der Waals surface area contributed by atoms with Crippen LogP contribution in [0.3, 0.4) is 0 Å². The average molecular weight is 398 g/mol. The van der Waals surface area contributed by atoms with Gasteiger partial charge in [0.05, 0.1) is 0 Å². The zero-order chi connectivity index (χ0) is 21.3. The van der Waals surface area contributed by atoms with Crippen LogP contribution >= 0.6 is 0 Å². The van der Waals surface area contributed by atoms with Crippen molar-refractivity contribution in [1.29, 1.82) is 0 Å². The van der Waals surface area contributed by atoms with Gasteiger partial charge in [-0.25, -0.2) is 14.2 Å². The molecule has 0 aliphatic carbocycles. The van der Waals surface area contributed by atoms with Crippen molar-refractivity contribution in [2.24, 2.45) is 0 Å². The molecule has 2 amide bonds. The molecule has 3 heterocycles. The van der Waals surface area contributed by atoms with Gasteiger partial charge in [-0.2, -0.15) is 0 Å². The Bertz CT molecular complexity index is 1120. The van der Waals surface area contributed by atoms with Gasteiger partial charge < -0.3 is 13.9 Å². The topological polar surface area (TPSA) is 80.4 Å². The van der Waals surface area contributed by atoms with E-state index in [4.69, 9.17) is 4.42 Å². The van der Waals surface area contributed by atoms with Crippen LogP contribution < -0.4 is 10.9 Å². The number of hydrogen-bond acceptors (Lipinski definition) is 4. The zero-order valence-electron chi connectivity index (χ0n) is 17.0. The number of rotatable bonds is 4. The molecule has 1 N–H and O–H groups in total. The molecule has 0 radical (unpaired) electrons. The summed E-state index contributed by atoms with van der Waals surface area (Å²) in [6, 6.07) is 7.29. The molecule has 0 unspecified atom stereocenters. The van der Waals surface area contributed by atoms with Gasteiger partial charge in [-0.05, 0) is 45.0 Å². The van der Waals surface area contributed by atoms with E-state index in [0.29, 0.717) is 28.3 Å². The maximum atomic E-state index is 14.8. The summed E-state index contributed by atoms with van der Waals surface area (Å²) in [5, 5.41) is 2.45. The van der Waals surface area contributed by atoms with Crippen molar-refractivity contribution in [2.45, 2.75) is 26.8 Å². The van der Waals surface area contributed by atoms with E-state index in [1.165, 1.54) is 17.0 Å². The fourth-order valence-electron chi connectivity index (χ4n) is 2.83. The molecule has 29 heavy (non-hydrogen) atoms. The molecule has 7 nitrogen and oxygen atoms in total. The van der Waals surface area contributed by atoms with Gasteiger partial charge in [0.2, 0.25) is 0 Å². The Morgan fingerprint density at radius 2 is 1.97 bits per heavy atom. The molecule has 3 rings (SSSR count). The van der Waals surface area contributed by atoms with Crippen LogP contribution in [0.4, 0.5) is 15.0 Å². The standard InChI is InChI=1S/C21H23FN4O3/c1-12(2)26-11-14(7-9-18(26)27)15-10-16(22)20(24-21(28)25(4)5)23-19(15)17-8-6-13(3)29-17/h6-12H,1-5H3,(H,23,24,28). The quantitative estimate of drug-likeness (QED) is 0.711. The second kappa shape index (κ2) is 7.90. The van der Waals surface area contributed by atoms with Crippen LogP contribution in [0.25, 0.3) is 22.6 Å². The smallest absolute Gasteiger partial charge is 0.322 e. The first-order valence-corrected chi connectivity index (χ1v) is 9.15. The zero-order valence-corrected chi connectivity index (χ0v) is 17.0. The summed E-state index contributed by atoms with van der Waals surface area (Å²) in [4.78, 5) is 29.7. The Morgan fingerprint density at radius 1 is 1.24 bits per heavy atom. The monoisotopic (exact) mass is 398 g/mol. The minimum Gasteiger partial charge on any atom is -0.460 e. The molecular weight excluding hydrogens is 375 g/mol. The minimum absolute atomic E-state index is 0.0618. The van der Waals surface area contributed by atoms with Gasteiger partial charge in [-0.15, -0.1) is 0 Å². The molecule has 0 atom stereocenters. The molecule has 0 aliphatic rings. The van der Waals surface area contributed by atoms with Crippen molar-refractivity contribution in [3.63, 3.8) is 0 Å². The van der Waals surface area contributed by atoms with Crippen molar-refractivity contribution < 1.29 is 13.6 Å². The van der Waals surface area contributed by atoms with Gasteiger partial charge >= 0.3 is 6.03 Å². The van der Waals surface area contributed by atoms with Gasteiger partial charge in [0.1, 0.15) is 11.5 Å². The number of amides is 2. The van der Waals surface area contributed by atoms with E-state index >= 15 is 0 Å². The third-order valence-corrected chi connectivity index (χ3v) is 4.39. The lowest BCUT2D eigenvalue weighted by Gasteiger charge is -2.16. The van der Waals surface area contributed by atoms with Crippen molar-refractivity contribution in [3.05, 3.63) is 58.5 Å². The summed E-state index contributed by atoms with van der Waals surface area (Å²) in [5.41, 5.74) is 1.28. The number of aromatic nitrogens is 2. The third kappa shape index (κ3) is 4.21. The second-order valence-electron chi connectivity index (χ2n) is 7.21. The summed E-state index contributed by atoms with van der Waals surface area (Å²) in [5.74, 6) is 0.210. The van der Waals surface area contributed by atoms with Crippen LogP contribution in [0.5, 0.6) is 0 Å². The number of carbonyl (C=O) groups is 1. The van der Waals surface area contributed by atoms with Gasteiger partial charge in [-0.1, -0.05) is 0 Å². The van der Waals surface area contributed by atoms with Gasteiger partial charge in [0.25, 0.3) is 5.56 Å². The van der Waals surface area contributed by atoms with Crippen LogP contribution in [0.2, 0.25) is 0 Å². The Labute approximate surface area is 167 Å². The number of pyridine rings is 2. The average Bonchev–Trinajstić information content (AvgIpc) is 3.09. The molecule has 0 bridgehead atoms. The van der Waals surface area contributed by atoms with Crippen molar-refractivity contribution >= 4 is 11.8 Å². The summed E-state index contributed by atoms with van der Waals surface area (Å²) in [6.07, 6.45) is 1.67. The first kappa shape index (κ1) is 20.3. The molecule has 3 aromatic rings. The predicted molar refractivity (Wildman–Crippen MR) is 109 cm³/mol. The third-order valence-electron chi connectivity index (χ3n) is 4.39. The Morgan fingerprint density at radius 3 is 2.55 bits per heavy atom. The Hall–Kier alpha value is -3.42. The van der Waals surface area contributed by atoms with E-state index in [9.17, 15) is 14.0 Å². The van der Waals surface area contributed by atoms with Crippen LogP contribution in [0, 0.1) is 12.7 Å². The van der Waals surface area contributed by atoms with E-state index < -0.39 is 11.8 Å². The number of hydrogen-bond donors (Lipinski definition) is 1. The summed E-state index contributed by atoms with van der Waals surface area (Å²) in [6.45, 7) is 5.57. The summed E-state index contributed by atoms with van der Waals surface area (Å²) in [7, 11) is 3.10. The number of aryl methyl sites for hydroxylation is 1. The number of halogens is 1. The molecule has 0 aromatic carbocycles. The normalized spacial score (nSPS) is 11.0. The highest BCUT2D eigenvalue weighted by atomic mass is 19.1. The van der Waals surface area contributed by atoms with Crippen LogP contribution in [-0.4, -0.2) is 34.6 Å². The lowest BCUT2D eigenvalue weighted by molar-refractivity contribution is 0.230. The number of anilines is 1. The second-order valence-corrected chi connectivity index (χ2v) is 7.21. The molecule has 0 saturated heterocycles. The van der Waals surface area contributed by atoms with Gasteiger partial charge in [0, 0.05) is 43.5 Å². The Kier molecular flexibility index (Phi) is 5.54. The Balaban J connectivity index is 2.21. The maximum Gasteiger partial charge on any atom is 0.322 e. The molecule has 0 aliphatic heterocycles. The molecule has 0 spiro atoms. The minimum atomic E-state index is -0.690. The number of carbonyl (C=O) groups excluding carboxylic acids is 1. The van der Waals surface area contributed by atoms with Gasteiger partial charge in [-0.3, -0.25) is 10.1 Å². The molecule has 0 fully saturated rings. The fraction of sp³-hybridized carbons (Fsp3) is 0.286. The molecule has 0 saturated carbocycles. The predicted octanol–water partition coefficient (Wildman–Crippen LogP) is 4.29. The molecule has 8 heteroatoms.